The van der Waals surface area contributed by atoms with Gasteiger partial charge in [0, 0.05) is 18.0 Å². The van der Waals surface area contributed by atoms with E-state index in [1.54, 1.807) is 35.1 Å². The van der Waals surface area contributed by atoms with E-state index >= 15 is 0 Å². The van der Waals surface area contributed by atoms with Crippen LogP contribution >= 0.6 is 0 Å². The molecule has 1 amide bonds. The molecular weight excluding hydrogens is 359 g/mol. The molecule has 0 fully saturated rings. The maximum atomic E-state index is 13.1. The molecule has 4 rings (SSSR count). The third-order valence-corrected chi connectivity index (χ3v) is 4.23. The van der Waals surface area contributed by atoms with E-state index in [0.717, 1.165) is 22.5 Å². The SMILES string of the molecule is Cc1cc(C)n(-c2cc(NC(=O)c3cc(-c4ccc(F)cc4)c[nH]3)ncn2)n1. The summed E-state index contributed by atoms with van der Waals surface area (Å²) in [5, 5.41) is 7.13. The minimum absolute atomic E-state index is 0.306. The highest BCUT2D eigenvalue weighted by Crippen LogP contribution is 2.21. The second-order valence-electron chi connectivity index (χ2n) is 6.36. The van der Waals surface area contributed by atoms with Gasteiger partial charge in [-0.3, -0.25) is 4.79 Å². The molecule has 0 saturated carbocycles. The first-order valence-electron chi connectivity index (χ1n) is 8.61. The van der Waals surface area contributed by atoms with Crippen molar-refractivity contribution in [2.24, 2.45) is 0 Å². The standard InChI is InChI=1S/C20H17FN6O/c1-12-7-13(2)27(26-12)19-9-18(23-11-24-19)25-20(28)17-8-15(10-22-17)14-3-5-16(21)6-4-14/h3-11,22H,1-2H3,(H,23,24,25,28). The number of aromatic amines is 1. The molecule has 140 valence electrons. The number of rotatable bonds is 4. The van der Waals surface area contributed by atoms with Crippen molar-refractivity contribution in [2.75, 3.05) is 5.32 Å². The zero-order valence-electron chi connectivity index (χ0n) is 15.3. The maximum Gasteiger partial charge on any atom is 0.273 e. The molecule has 0 aliphatic rings. The van der Waals surface area contributed by atoms with Crippen LogP contribution in [-0.4, -0.2) is 30.6 Å². The van der Waals surface area contributed by atoms with E-state index in [1.165, 1.54) is 18.5 Å². The molecule has 0 atom stereocenters. The first-order chi connectivity index (χ1) is 13.5. The van der Waals surface area contributed by atoms with E-state index in [9.17, 15) is 9.18 Å². The van der Waals surface area contributed by atoms with Crippen LogP contribution in [-0.2, 0) is 0 Å². The number of nitrogens with one attached hydrogen (secondary N) is 2. The summed E-state index contributed by atoms with van der Waals surface area (Å²) >= 11 is 0. The fourth-order valence-corrected chi connectivity index (χ4v) is 2.91. The first-order valence-corrected chi connectivity index (χ1v) is 8.61. The molecule has 3 aromatic heterocycles. The van der Waals surface area contributed by atoms with Crippen LogP contribution in [0.4, 0.5) is 10.2 Å². The molecular formula is C20H17FN6O. The van der Waals surface area contributed by atoms with Crippen LogP contribution < -0.4 is 5.32 Å². The van der Waals surface area contributed by atoms with Crippen molar-refractivity contribution in [1.82, 2.24) is 24.7 Å². The van der Waals surface area contributed by atoms with Crippen LogP contribution in [0, 0.1) is 19.7 Å². The Morgan fingerprint density at radius 2 is 1.86 bits per heavy atom. The number of aryl methyl sites for hydroxylation is 2. The third-order valence-electron chi connectivity index (χ3n) is 4.23. The Kier molecular flexibility index (Phi) is 4.44. The molecule has 7 nitrogen and oxygen atoms in total. The monoisotopic (exact) mass is 376 g/mol. The van der Waals surface area contributed by atoms with Gasteiger partial charge in [-0.25, -0.2) is 19.0 Å². The van der Waals surface area contributed by atoms with Crippen LogP contribution in [0.15, 0.2) is 55.0 Å². The quantitative estimate of drug-likeness (QED) is 0.569. The molecule has 0 saturated heterocycles. The Labute approximate surface area is 160 Å². The fourth-order valence-electron chi connectivity index (χ4n) is 2.91. The van der Waals surface area contributed by atoms with Crippen molar-refractivity contribution >= 4 is 11.7 Å². The molecule has 0 bridgehead atoms. The summed E-state index contributed by atoms with van der Waals surface area (Å²) in [6.45, 7) is 3.83. The molecule has 0 spiro atoms. The normalized spacial score (nSPS) is 10.8. The zero-order chi connectivity index (χ0) is 19.7. The summed E-state index contributed by atoms with van der Waals surface area (Å²) in [4.78, 5) is 23.8. The average Bonchev–Trinajstić information content (AvgIpc) is 3.29. The number of halogens is 1. The summed E-state index contributed by atoms with van der Waals surface area (Å²) in [5.41, 5.74) is 3.77. The summed E-state index contributed by atoms with van der Waals surface area (Å²) in [6, 6.07) is 11.4. The topological polar surface area (TPSA) is 88.5 Å². The highest BCUT2D eigenvalue weighted by Gasteiger charge is 2.12. The fraction of sp³-hybridized carbons (Fsp3) is 0.100. The number of carbonyl (C=O) groups excluding carboxylic acids is 1. The molecule has 2 N–H and O–H groups in total. The van der Waals surface area contributed by atoms with Gasteiger partial charge in [-0.1, -0.05) is 12.1 Å². The number of nitrogens with zero attached hydrogens (tertiary/aromatic N) is 4. The van der Waals surface area contributed by atoms with Crippen LogP contribution in [0.1, 0.15) is 21.9 Å². The number of carbonyl (C=O) groups is 1. The van der Waals surface area contributed by atoms with E-state index in [2.05, 4.69) is 25.4 Å². The highest BCUT2D eigenvalue weighted by atomic mass is 19.1. The number of benzene rings is 1. The predicted octanol–water partition coefficient (Wildman–Crippen LogP) is 3.67. The van der Waals surface area contributed by atoms with E-state index in [1.807, 2.05) is 19.9 Å². The van der Waals surface area contributed by atoms with Crippen molar-refractivity contribution in [3.8, 4) is 16.9 Å². The molecule has 28 heavy (non-hydrogen) atoms. The van der Waals surface area contributed by atoms with Gasteiger partial charge in [0.15, 0.2) is 5.82 Å². The van der Waals surface area contributed by atoms with Crippen LogP contribution in [0.5, 0.6) is 0 Å². The Morgan fingerprint density at radius 1 is 1.07 bits per heavy atom. The van der Waals surface area contributed by atoms with Gasteiger partial charge < -0.3 is 10.3 Å². The lowest BCUT2D eigenvalue weighted by Gasteiger charge is -2.06. The lowest BCUT2D eigenvalue weighted by molar-refractivity contribution is 0.102. The first kappa shape index (κ1) is 17.6. The van der Waals surface area contributed by atoms with E-state index in [4.69, 9.17) is 0 Å². The van der Waals surface area contributed by atoms with Gasteiger partial charge in [-0.2, -0.15) is 5.10 Å². The summed E-state index contributed by atoms with van der Waals surface area (Å²) in [7, 11) is 0. The number of amides is 1. The lowest BCUT2D eigenvalue weighted by Crippen LogP contribution is -2.14. The van der Waals surface area contributed by atoms with Gasteiger partial charge >= 0.3 is 0 Å². The molecule has 4 aromatic rings. The Hall–Kier alpha value is -3.81. The van der Waals surface area contributed by atoms with Gasteiger partial charge in [-0.05, 0) is 49.2 Å². The Morgan fingerprint density at radius 3 is 2.57 bits per heavy atom. The van der Waals surface area contributed by atoms with Gasteiger partial charge in [0.1, 0.15) is 23.7 Å². The van der Waals surface area contributed by atoms with Gasteiger partial charge in [0.2, 0.25) is 0 Å². The predicted molar refractivity (Wildman–Crippen MR) is 103 cm³/mol. The van der Waals surface area contributed by atoms with Crippen LogP contribution in [0.25, 0.3) is 16.9 Å². The molecule has 8 heteroatoms. The average molecular weight is 376 g/mol. The Bertz CT molecular complexity index is 1150. The smallest absolute Gasteiger partial charge is 0.273 e. The van der Waals surface area contributed by atoms with Gasteiger partial charge in [0.05, 0.1) is 5.69 Å². The van der Waals surface area contributed by atoms with Crippen LogP contribution in [0.2, 0.25) is 0 Å². The summed E-state index contributed by atoms with van der Waals surface area (Å²) < 4.78 is 14.8. The molecule has 0 unspecified atom stereocenters. The number of H-pyrrole nitrogens is 1. The second kappa shape index (κ2) is 7.07. The summed E-state index contributed by atoms with van der Waals surface area (Å²) in [5.74, 6) is 0.278. The van der Waals surface area contributed by atoms with Crippen molar-refractivity contribution < 1.29 is 9.18 Å². The minimum Gasteiger partial charge on any atom is -0.357 e. The van der Waals surface area contributed by atoms with Crippen molar-refractivity contribution in [3.05, 3.63) is 77.9 Å². The number of hydrogen-bond acceptors (Lipinski definition) is 4. The number of aromatic nitrogens is 5. The third kappa shape index (κ3) is 3.52. The van der Waals surface area contributed by atoms with Crippen molar-refractivity contribution in [2.45, 2.75) is 13.8 Å². The zero-order valence-corrected chi connectivity index (χ0v) is 15.3. The van der Waals surface area contributed by atoms with Crippen molar-refractivity contribution in [3.63, 3.8) is 0 Å². The molecule has 0 aliphatic carbocycles. The Balaban J connectivity index is 1.54. The maximum absolute atomic E-state index is 13.1. The lowest BCUT2D eigenvalue weighted by atomic mass is 10.1. The second-order valence-corrected chi connectivity index (χ2v) is 6.36. The summed E-state index contributed by atoms with van der Waals surface area (Å²) in [6.07, 6.45) is 3.07. The molecule has 0 aliphatic heterocycles. The molecule has 0 radical (unpaired) electrons. The van der Waals surface area contributed by atoms with Crippen LogP contribution in [0.3, 0.4) is 0 Å². The van der Waals surface area contributed by atoms with E-state index in [-0.39, 0.29) is 11.7 Å². The minimum atomic E-state index is -0.341. The number of anilines is 1. The van der Waals surface area contributed by atoms with E-state index in [0.29, 0.717) is 17.3 Å². The van der Waals surface area contributed by atoms with Gasteiger partial charge in [-0.15, -0.1) is 0 Å². The number of hydrogen-bond donors (Lipinski definition) is 2. The molecule has 1 aromatic carbocycles. The largest absolute Gasteiger partial charge is 0.357 e. The van der Waals surface area contributed by atoms with Gasteiger partial charge in [0.25, 0.3) is 5.91 Å². The van der Waals surface area contributed by atoms with Crippen molar-refractivity contribution in [1.29, 1.82) is 0 Å². The highest BCUT2D eigenvalue weighted by molar-refractivity contribution is 6.03. The van der Waals surface area contributed by atoms with E-state index < -0.39 is 0 Å². The molecule has 3 heterocycles.